The summed E-state index contributed by atoms with van der Waals surface area (Å²) < 4.78 is 55.4. The molecular formula is C30H34F3NO4Si. The van der Waals surface area contributed by atoms with Gasteiger partial charge < -0.3 is 19.2 Å². The molecular weight excluding hydrogens is 523 g/mol. The van der Waals surface area contributed by atoms with E-state index in [1.54, 1.807) is 13.8 Å². The van der Waals surface area contributed by atoms with Crippen LogP contribution in [0.3, 0.4) is 0 Å². The number of hydrogen-bond acceptors (Lipinski definition) is 4. The van der Waals surface area contributed by atoms with Gasteiger partial charge in [-0.25, -0.2) is 13.2 Å². The van der Waals surface area contributed by atoms with Crippen molar-refractivity contribution in [1.82, 2.24) is 4.90 Å². The summed E-state index contributed by atoms with van der Waals surface area (Å²) in [4.78, 5) is 14.5. The van der Waals surface area contributed by atoms with Crippen LogP contribution in [0.4, 0.5) is 13.2 Å². The second-order valence-electron chi connectivity index (χ2n) is 11.0. The third kappa shape index (κ3) is 5.54. The predicted molar refractivity (Wildman–Crippen MR) is 145 cm³/mol. The van der Waals surface area contributed by atoms with Gasteiger partial charge >= 0.3 is 0 Å². The van der Waals surface area contributed by atoms with Crippen LogP contribution in [0, 0.1) is 17.5 Å². The van der Waals surface area contributed by atoms with E-state index in [4.69, 9.17) is 9.16 Å². The second-order valence-corrected chi connectivity index (χ2v) is 15.3. The van der Waals surface area contributed by atoms with Gasteiger partial charge in [0, 0.05) is 6.54 Å². The lowest BCUT2D eigenvalue weighted by Gasteiger charge is -2.48. The van der Waals surface area contributed by atoms with E-state index < -0.39 is 61.3 Å². The highest BCUT2D eigenvalue weighted by molar-refractivity contribution is 6.99. The van der Waals surface area contributed by atoms with E-state index in [1.807, 2.05) is 60.7 Å². The number of aliphatic hydroxyl groups excluding tert-OH is 1. The van der Waals surface area contributed by atoms with Crippen molar-refractivity contribution < 1.29 is 32.2 Å². The number of morpholine rings is 1. The lowest BCUT2D eigenvalue weighted by molar-refractivity contribution is -0.203. The normalized spacial score (nSPS) is 20.1. The third-order valence-electron chi connectivity index (χ3n) is 7.22. The Bertz CT molecular complexity index is 1240. The van der Waals surface area contributed by atoms with Crippen molar-refractivity contribution in [2.45, 2.75) is 64.2 Å². The first-order valence-corrected chi connectivity index (χ1v) is 14.8. The molecule has 0 bridgehead atoms. The van der Waals surface area contributed by atoms with Crippen molar-refractivity contribution in [2.24, 2.45) is 0 Å². The van der Waals surface area contributed by atoms with Gasteiger partial charge in [-0.2, -0.15) is 0 Å². The second kappa shape index (κ2) is 11.2. The minimum Gasteiger partial charge on any atom is -0.402 e. The molecule has 0 saturated carbocycles. The van der Waals surface area contributed by atoms with Crippen LogP contribution in [0.2, 0.25) is 5.04 Å². The zero-order chi connectivity index (χ0) is 28.5. The molecule has 0 spiro atoms. The lowest BCUT2D eigenvalue weighted by atomic mass is 9.98. The highest BCUT2D eigenvalue weighted by Crippen LogP contribution is 2.40. The smallest absolute Gasteiger partial charge is 0.280 e. The molecule has 1 N–H and O–H groups in total. The number of benzene rings is 3. The van der Waals surface area contributed by atoms with Gasteiger partial charge in [0.05, 0.1) is 18.2 Å². The van der Waals surface area contributed by atoms with Gasteiger partial charge in [0.1, 0.15) is 0 Å². The van der Waals surface area contributed by atoms with Crippen molar-refractivity contribution in [3.8, 4) is 0 Å². The van der Waals surface area contributed by atoms with E-state index in [9.17, 15) is 23.1 Å². The van der Waals surface area contributed by atoms with Crippen LogP contribution in [0.25, 0.3) is 0 Å². The Morgan fingerprint density at radius 3 is 1.92 bits per heavy atom. The molecule has 5 nitrogen and oxygen atoms in total. The van der Waals surface area contributed by atoms with Crippen LogP contribution in [0.15, 0.2) is 72.8 Å². The summed E-state index contributed by atoms with van der Waals surface area (Å²) in [5.41, 5.74) is 0.0199. The zero-order valence-electron chi connectivity index (χ0n) is 22.7. The van der Waals surface area contributed by atoms with E-state index in [0.717, 1.165) is 22.5 Å². The number of halogens is 3. The number of amides is 1. The minimum atomic E-state index is -3.16. The van der Waals surface area contributed by atoms with Crippen molar-refractivity contribution in [2.75, 3.05) is 6.54 Å². The number of carbonyl (C=O) groups excluding carboxylic acids is 1. The predicted octanol–water partition coefficient (Wildman–Crippen LogP) is 4.68. The number of aliphatic hydroxyl groups is 1. The van der Waals surface area contributed by atoms with Crippen molar-refractivity contribution in [3.05, 3.63) is 95.8 Å². The number of nitrogens with zero attached hydrogens (tertiary/aromatic N) is 1. The van der Waals surface area contributed by atoms with Crippen LogP contribution in [-0.2, 0) is 14.0 Å². The van der Waals surface area contributed by atoms with E-state index in [2.05, 4.69) is 20.8 Å². The lowest BCUT2D eigenvalue weighted by Crippen LogP contribution is -2.68. The van der Waals surface area contributed by atoms with Gasteiger partial charge in [0.2, 0.25) is 6.29 Å². The highest BCUT2D eigenvalue weighted by atomic mass is 28.4. The third-order valence-corrected chi connectivity index (χ3v) is 12.3. The van der Waals surface area contributed by atoms with E-state index in [1.165, 1.54) is 4.90 Å². The topological polar surface area (TPSA) is 59.0 Å². The van der Waals surface area contributed by atoms with Gasteiger partial charge in [-0.15, -0.1) is 0 Å². The van der Waals surface area contributed by atoms with Gasteiger partial charge in [-0.1, -0.05) is 81.4 Å². The molecule has 1 fully saturated rings. The molecule has 39 heavy (non-hydrogen) atoms. The molecule has 1 saturated heterocycles. The Labute approximate surface area is 228 Å². The average molecular weight is 558 g/mol. The Kier molecular flexibility index (Phi) is 8.37. The van der Waals surface area contributed by atoms with E-state index in [-0.39, 0.29) is 12.1 Å². The van der Waals surface area contributed by atoms with Crippen molar-refractivity contribution >= 4 is 24.6 Å². The van der Waals surface area contributed by atoms with Crippen molar-refractivity contribution in [1.29, 1.82) is 0 Å². The molecule has 1 aliphatic rings. The van der Waals surface area contributed by atoms with Crippen LogP contribution in [-0.4, -0.2) is 49.3 Å². The molecule has 0 aromatic heterocycles. The fourth-order valence-corrected chi connectivity index (χ4v) is 10.3. The molecule has 2 unspecified atom stereocenters. The monoisotopic (exact) mass is 557 g/mol. The largest absolute Gasteiger partial charge is 0.402 e. The van der Waals surface area contributed by atoms with Crippen LogP contribution >= 0.6 is 0 Å². The molecule has 4 rings (SSSR count). The summed E-state index contributed by atoms with van der Waals surface area (Å²) >= 11 is 0. The Morgan fingerprint density at radius 1 is 0.974 bits per heavy atom. The maximum Gasteiger partial charge on any atom is 0.280 e. The number of rotatable bonds is 7. The van der Waals surface area contributed by atoms with Crippen molar-refractivity contribution in [3.63, 3.8) is 0 Å². The van der Waals surface area contributed by atoms with Gasteiger partial charge in [0.25, 0.3) is 14.2 Å². The Balaban J connectivity index is 1.92. The van der Waals surface area contributed by atoms with Crippen LogP contribution in [0.1, 0.15) is 46.2 Å². The van der Waals surface area contributed by atoms with Crippen LogP contribution < -0.4 is 10.4 Å². The zero-order valence-corrected chi connectivity index (χ0v) is 23.7. The van der Waals surface area contributed by atoms with Crippen LogP contribution in [0.5, 0.6) is 0 Å². The highest BCUT2D eigenvalue weighted by Gasteiger charge is 2.52. The molecule has 208 valence electrons. The van der Waals surface area contributed by atoms with Gasteiger partial charge in [-0.05, 0) is 47.0 Å². The SMILES string of the molecule is CC1CN([C@H](c2cc(F)c(F)c(F)c2)[C@@H](C)O[Si](c2ccccc2)(c2ccccc2)C(C)(C)C)C(=O)C(O)O1. The molecule has 3 aromatic rings. The van der Waals surface area contributed by atoms with E-state index in [0.29, 0.717) is 0 Å². The molecule has 1 amide bonds. The van der Waals surface area contributed by atoms with Gasteiger partial charge in [0.15, 0.2) is 17.5 Å². The summed E-state index contributed by atoms with van der Waals surface area (Å²) in [6.07, 6.45) is -3.14. The fraction of sp³-hybridized carbons (Fsp3) is 0.367. The Hall–Kier alpha value is -2.98. The summed E-state index contributed by atoms with van der Waals surface area (Å²) in [5.74, 6) is -5.11. The van der Waals surface area contributed by atoms with E-state index >= 15 is 0 Å². The molecule has 0 radical (unpaired) electrons. The first kappa shape index (κ1) is 29.0. The maximum absolute atomic E-state index is 14.5. The first-order valence-electron chi connectivity index (χ1n) is 12.9. The summed E-state index contributed by atoms with van der Waals surface area (Å²) in [6.45, 7) is 9.72. The molecule has 9 heteroatoms. The summed E-state index contributed by atoms with van der Waals surface area (Å²) in [6, 6.07) is 20.3. The molecule has 3 aromatic carbocycles. The minimum absolute atomic E-state index is 0.0199. The summed E-state index contributed by atoms with van der Waals surface area (Å²) in [7, 11) is -3.16. The number of hydrogen-bond donors (Lipinski definition) is 1. The quantitative estimate of drug-likeness (QED) is 0.339. The number of ether oxygens (including phenoxy) is 1. The fourth-order valence-electron chi connectivity index (χ4n) is 5.57. The first-order chi connectivity index (χ1) is 18.4. The molecule has 1 aliphatic heterocycles. The molecule has 0 aliphatic carbocycles. The number of carbonyl (C=O) groups is 1. The molecule has 4 atom stereocenters. The average Bonchev–Trinajstić information content (AvgIpc) is 2.89. The van der Waals surface area contributed by atoms with Gasteiger partial charge in [-0.3, -0.25) is 4.79 Å². The maximum atomic E-state index is 14.5. The summed E-state index contributed by atoms with van der Waals surface area (Å²) in [5, 5.41) is 11.9. The molecule has 1 heterocycles. The Morgan fingerprint density at radius 2 is 1.46 bits per heavy atom. The standard InChI is InChI=1S/C30H34F3NO4Si/c1-19-18-34(28(35)29(36)37-19)27(21-16-24(31)26(33)25(32)17-21)20(2)38-39(30(3,4)5,22-12-8-6-9-13-22)23-14-10-7-11-15-23/h6-17,19-20,27,29,36H,18H2,1-5H3/t19?,20-,27+,29?/m1/s1.